The van der Waals surface area contributed by atoms with Gasteiger partial charge in [-0.1, -0.05) is 39.8 Å². The van der Waals surface area contributed by atoms with Crippen LogP contribution in [0.1, 0.15) is 58.9 Å². The quantitative estimate of drug-likeness (QED) is 0.193. The molecule has 4 heterocycles. The second-order valence-corrected chi connectivity index (χ2v) is 15.2. The highest BCUT2D eigenvalue weighted by molar-refractivity contribution is 6.28. The Labute approximate surface area is 281 Å². The van der Waals surface area contributed by atoms with Crippen LogP contribution in [0.2, 0.25) is 0 Å². The molecule has 2 aliphatic rings. The minimum Gasteiger partial charge on any atom is -0.456 e. The van der Waals surface area contributed by atoms with Gasteiger partial charge in [0.2, 0.25) is 0 Å². The maximum Gasteiger partial charge on any atom is 0.154 e. The summed E-state index contributed by atoms with van der Waals surface area (Å²) in [5, 5.41) is 19.0. The van der Waals surface area contributed by atoms with Gasteiger partial charge >= 0.3 is 0 Å². The molecule has 5 nitrogen and oxygen atoms in total. The fourth-order valence-electron chi connectivity index (χ4n) is 8.79. The first-order valence-electron chi connectivity index (χ1n) is 18.0. The van der Waals surface area contributed by atoms with E-state index in [1.54, 1.807) is 0 Å². The molecular weight excluding hydrogens is 590 g/mol. The van der Waals surface area contributed by atoms with Crippen LogP contribution >= 0.6 is 0 Å². The topological polar surface area (TPSA) is 56.6 Å². The third-order valence-electron chi connectivity index (χ3n) is 11.9. The monoisotopic (exact) mass is 633 g/mol. The van der Waals surface area contributed by atoms with E-state index in [-0.39, 0.29) is 0 Å². The number of rotatable bonds is 4. The van der Waals surface area contributed by atoms with Crippen LogP contribution in [0.5, 0.6) is 0 Å². The molecule has 7 aromatic rings. The SMILES string of the molecule is CC(C)C1CCN(c2ccc3cc4c(cc3c2)oc2cc(C#N)c3oc5cc6cc(N7CCC(C(C)C)CC7)ccc6cc5c3c24)CC1. The minimum absolute atomic E-state index is 0.502. The third kappa shape index (κ3) is 4.72. The van der Waals surface area contributed by atoms with Crippen LogP contribution in [-0.2, 0) is 0 Å². The van der Waals surface area contributed by atoms with Crippen LogP contribution in [0, 0.1) is 35.0 Å². The van der Waals surface area contributed by atoms with Crippen molar-refractivity contribution in [1.82, 2.24) is 0 Å². The lowest BCUT2D eigenvalue weighted by atomic mass is 9.86. The predicted molar refractivity (Wildman–Crippen MR) is 200 cm³/mol. The van der Waals surface area contributed by atoms with Crippen molar-refractivity contribution in [3.63, 3.8) is 0 Å². The Bertz CT molecular complexity index is 2410. The fourth-order valence-corrected chi connectivity index (χ4v) is 8.79. The van der Waals surface area contributed by atoms with Crippen molar-refractivity contribution in [3.8, 4) is 6.07 Å². The molecule has 242 valence electrons. The molecule has 2 aromatic heterocycles. The van der Waals surface area contributed by atoms with Crippen molar-refractivity contribution in [2.45, 2.75) is 53.4 Å². The number of furan rings is 2. The van der Waals surface area contributed by atoms with E-state index < -0.39 is 0 Å². The Morgan fingerprint density at radius 2 is 1.08 bits per heavy atom. The molecule has 2 saturated heterocycles. The van der Waals surface area contributed by atoms with E-state index in [1.807, 2.05) is 6.07 Å². The Morgan fingerprint density at radius 3 is 1.58 bits per heavy atom. The number of piperidine rings is 2. The van der Waals surface area contributed by atoms with E-state index >= 15 is 0 Å². The summed E-state index contributed by atoms with van der Waals surface area (Å²) < 4.78 is 13.1. The van der Waals surface area contributed by atoms with E-state index in [9.17, 15) is 5.26 Å². The highest BCUT2D eigenvalue weighted by atomic mass is 16.3. The van der Waals surface area contributed by atoms with Gasteiger partial charge in [0.25, 0.3) is 0 Å². The van der Waals surface area contributed by atoms with Crippen molar-refractivity contribution in [3.05, 3.63) is 72.3 Å². The number of nitriles is 1. The summed E-state index contributed by atoms with van der Waals surface area (Å²) in [7, 11) is 0. The molecule has 9 rings (SSSR count). The molecule has 0 N–H and O–H groups in total. The van der Waals surface area contributed by atoms with Gasteiger partial charge < -0.3 is 18.6 Å². The maximum atomic E-state index is 10.2. The van der Waals surface area contributed by atoms with Crippen LogP contribution in [0.15, 0.2) is 75.6 Å². The molecule has 0 atom stereocenters. The highest BCUT2D eigenvalue weighted by Crippen LogP contribution is 2.44. The van der Waals surface area contributed by atoms with Crippen LogP contribution in [-0.4, -0.2) is 26.2 Å². The average molecular weight is 634 g/mol. The van der Waals surface area contributed by atoms with Gasteiger partial charge in [-0.05, 0) is 119 Å². The normalized spacial score (nSPS) is 17.0. The van der Waals surface area contributed by atoms with Crippen molar-refractivity contribution >= 4 is 76.8 Å². The molecule has 0 spiro atoms. The molecule has 5 heteroatoms. The van der Waals surface area contributed by atoms with Crippen LogP contribution in [0.4, 0.5) is 11.4 Å². The summed E-state index contributed by atoms with van der Waals surface area (Å²) in [6.45, 7) is 13.8. The van der Waals surface area contributed by atoms with E-state index in [0.29, 0.717) is 11.1 Å². The molecular formula is C43H43N3O2. The van der Waals surface area contributed by atoms with Crippen molar-refractivity contribution in [2.75, 3.05) is 36.0 Å². The smallest absolute Gasteiger partial charge is 0.154 e. The van der Waals surface area contributed by atoms with Gasteiger partial charge in [-0.15, -0.1) is 0 Å². The molecule has 0 aliphatic carbocycles. The largest absolute Gasteiger partial charge is 0.456 e. The van der Waals surface area contributed by atoms with Gasteiger partial charge in [0, 0.05) is 65.2 Å². The summed E-state index contributed by atoms with van der Waals surface area (Å²) in [5.74, 6) is 3.13. The number of fused-ring (bicyclic) bond motifs is 9. The lowest BCUT2D eigenvalue weighted by molar-refractivity contribution is 0.311. The standard InChI is InChI=1S/C43H43N3O2/c1-25(2)27-9-13-45(14-10-27)34-7-5-29-19-36-38(21-31(29)17-34)47-40-23-33(24-44)43-42(41(36)40)37-20-30-6-8-35(18-32(30)22-39(37)48-43)46-15-11-28(12-16-46)26(3)4/h5-8,17-23,25-28H,9-16H2,1-4H3. The highest BCUT2D eigenvalue weighted by Gasteiger charge is 2.25. The van der Waals surface area contributed by atoms with Gasteiger partial charge in [-0.3, -0.25) is 0 Å². The summed E-state index contributed by atoms with van der Waals surface area (Å²) in [6.07, 6.45) is 5.00. The van der Waals surface area contributed by atoms with Crippen molar-refractivity contribution < 1.29 is 8.83 Å². The third-order valence-corrected chi connectivity index (χ3v) is 11.9. The molecule has 0 bridgehead atoms. The summed E-state index contributed by atoms with van der Waals surface area (Å²) >= 11 is 0. The lowest BCUT2D eigenvalue weighted by Crippen LogP contribution is -2.35. The second kappa shape index (κ2) is 11.2. The zero-order chi connectivity index (χ0) is 32.7. The van der Waals surface area contributed by atoms with Crippen LogP contribution < -0.4 is 9.80 Å². The van der Waals surface area contributed by atoms with Crippen molar-refractivity contribution in [2.24, 2.45) is 23.7 Å². The van der Waals surface area contributed by atoms with E-state index in [1.165, 1.54) is 53.2 Å². The number of benzene rings is 5. The van der Waals surface area contributed by atoms with Gasteiger partial charge in [0.15, 0.2) is 5.58 Å². The van der Waals surface area contributed by atoms with E-state index in [0.717, 1.165) is 93.5 Å². The molecule has 0 radical (unpaired) electrons. The Balaban J connectivity index is 1.14. The van der Waals surface area contributed by atoms with E-state index in [4.69, 9.17) is 8.83 Å². The number of hydrogen-bond acceptors (Lipinski definition) is 5. The van der Waals surface area contributed by atoms with Gasteiger partial charge in [-0.25, -0.2) is 0 Å². The minimum atomic E-state index is 0.502. The fraction of sp³-hybridized carbons (Fsp3) is 0.372. The van der Waals surface area contributed by atoms with Gasteiger partial charge in [0.05, 0.1) is 5.56 Å². The molecule has 2 fully saturated rings. The summed E-state index contributed by atoms with van der Waals surface area (Å²) in [4.78, 5) is 5.06. The first kappa shape index (κ1) is 29.4. The average Bonchev–Trinajstić information content (AvgIpc) is 3.65. The molecule has 5 aromatic carbocycles. The first-order chi connectivity index (χ1) is 23.3. The molecule has 0 amide bonds. The Kier molecular flexibility index (Phi) is 6.87. The summed E-state index contributed by atoms with van der Waals surface area (Å²) in [6, 6.07) is 26.7. The second-order valence-electron chi connectivity index (χ2n) is 15.2. The first-order valence-corrected chi connectivity index (χ1v) is 18.0. The zero-order valence-corrected chi connectivity index (χ0v) is 28.5. The Hall–Kier alpha value is -4.69. The number of nitrogens with zero attached hydrogens (tertiary/aromatic N) is 3. The van der Waals surface area contributed by atoms with Gasteiger partial charge in [-0.2, -0.15) is 5.26 Å². The number of hydrogen-bond donors (Lipinski definition) is 0. The number of anilines is 2. The predicted octanol–water partition coefficient (Wildman–Crippen LogP) is 11.4. The van der Waals surface area contributed by atoms with Gasteiger partial charge in [0.1, 0.15) is 22.8 Å². The Morgan fingerprint density at radius 1 is 0.583 bits per heavy atom. The molecule has 0 unspecified atom stereocenters. The molecule has 0 saturated carbocycles. The van der Waals surface area contributed by atoms with E-state index in [2.05, 4.69) is 104 Å². The van der Waals surface area contributed by atoms with Crippen molar-refractivity contribution in [1.29, 1.82) is 5.26 Å². The van der Waals surface area contributed by atoms with Crippen LogP contribution in [0.25, 0.3) is 65.4 Å². The molecule has 2 aliphatic heterocycles. The zero-order valence-electron chi connectivity index (χ0n) is 28.5. The lowest BCUT2D eigenvalue weighted by Gasteiger charge is -2.35. The van der Waals surface area contributed by atoms with Crippen LogP contribution in [0.3, 0.4) is 0 Å². The maximum absolute atomic E-state index is 10.2. The summed E-state index contributed by atoms with van der Waals surface area (Å²) in [5.41, 5.74) is 6.06. The molecule has 48 heavy (non-hydrogen) atoms.